The number of ether oxygens (including phenoxy) is 1. The van der Waals surface area contributed by atoms with Gasteiger partial charge in [-0.15, -0.1) is 0 Å². The summed E-state index contributed by atoms with van der Waals surface area (Å²) in [7, 11) is 1.47. The van der Waals surface area contributed by atoms with Gasteiger partial charge in [0.15, 0.2) is 11.5 Å². The third-order valence-electron chi connectivity index (χ3n) is 1.64. The molecule has 0 saturated heterocycles. The van der Waals surface area contributed by atoms with Crippen LogP contribution in [-0.4, -0.2) is 12.2 Å². The van der Waals surface area contributed by atoms with Gasteiger partial charge in [0.25, 0.3) is 0 Å². The summed E-state index contributed by atoms with van der Waals surface area (Å²) in [5, 5.41) is 17.8. The van der Waals surface area contributed by atoms with Crippen molar-refractivity contribution in [2.75, 3.05) is 7.11 Å². The number of benzene rings is 1. The van der Waals surface area contributed by atoms with Crippen molar-refractivity contribution in [3.63, 3.8) is 0 Å². The summed E-state index contributed by atoms with van der Waals surface area (Å²) < 4.78 is 5.64. The molecule has 0 spiro atoms. The van der Waals surface area contributed by atoms with Crippen LogP contribution in [0.15, 0.2) is 22.7 Å². The van der Waals surface area contributed by atoms with Crippen LogP contribution in [0.4, 0.5) is 0 Å². The van der Waals surface area contributed by atoms with Crippen molar-refractivity contribution in [1.82, 2.24) is 0 Å². The lowest BCUT2D eigenvalue weighted by atomic mass is 10.2. The number of phenolic OH excluding ortho intramolecular Hbond substituents is 1. The van der Waals surface area contributed by atoms with Crippen LogP contribution < -0.4 is 4.74 Å². The van der Waals surface area contributed by atoms with Crippen LogP contribution >= 0.6 is 15.9 Å². The first-order chi connectivity index (χ1) is 6.69. The molecule has 0 aliphatic carbocycles. The van der Waals surface area contributed by atoms with Crippen molar-refractivity contribution in [2.24, 2.45) is 0 Å². The molecule has 0 aliphatic rings. The molecule has 72 valence electrons. The molecule has 0 atom stereocenters. The Kier molecular flexibility index (Phi) is 3.55. The quantitative estimate of drug-likeness (QED) is 0.825. The van der Waals surface area contributed by atoms with Gasteiger partial charge in [0, 0.05) is 10.5 Å². The maximum absolute atomic E-state index is 9.40. The van der Waals surface area contributed by atoms with Gasteiger partial charge in [0.1, 0.15) is 0 Å². The number of allylic oxidation sites excluding steroid dienone is 1. The Morgan fingerprint density at radius 3 is 2.86 bits per heavy atom. The third kappa shape index (κ3) is 2.27. The number of halogens is 1. The van der Waals surface area contributed by atoms with Crippen molar-refractivity contribution < 1.29 is 9.84 Å². The highest BCUT2D eigenvalue weighted by Crippen LogP contribution is 2.32. The van der Waals surface area contributed by atoms with Crippen molar-refractivity contribution in [3.8, 4) is 17.6 Å². The highest BCUT2D eigenvalue weighted by molar-refractivity contribution is 9.10. The molecule has 1 aromatic rings. The fourth-order valence-electron chi connectivity index (χ4n) is 0.977. The molecule has 0 amide bonds. The Morgan fingerprint density at radius 2 is 2.29 bits per heavy atom. The molecule has 0 saturated carbocycles. The van der Waals surface area contributed by atoms with Gasteiger partial charge in [-0.1, -0.05) is 15.9 Å². The second kappa shape index (κ2) is 4.68. The van der Waals surface area contributed by atoms with Crippen molar-refractivity contribution in [2.45, 2.75) is 0 Å². The van der Waals surface area contributed by atoms with E-state index in [0.29, 0.717) is 10.2 Å². The summed E-state index contributed by atoms with van der Waals surface area (Å²) in [5.41, 5.74) is 0.779. The molecule has 0 bridgehead atoms. The normalized spacial score (nSPS) is 10.1. The van der Waals surface area contributed by atoms with E-state index in [1.54, 1.807) is 12.1 Å². The van der Waals surface area contributed by atoms with Crippen LogP contribution in [0.2, 0.25) is 0 Å². The van der Waals surface area contributed by atoms with E-state index >= 15 is 0 Å². The molecule has 1 aromatic carbocycles. The van der Waals surface area contributed by atoms with Crippen LogP contribution in [0.25, 0.3) is 6.08 Å². The number of aromatic hydroxyl groups is 1. The average Bonchev–Trinajstić information content (AvgIpc) is 2.17. The molecule has 0 unspecified atom stereocenters. The van der Waals surface area contributed by atoms with Gasteiger partial charge in [-0.25, -0.2) is 0 Å². The lowest BCUT2D eigenvalue weighted by molar-refractivity contribution is 0.373. The number of rotatable bonds is 2. The summed E-state index contributed by atoms with van der Waals surface area (Å²) in [6, 6.07) is 5.06. The molecule has 0 aliphatic heterocycles. The molecule has 3 nitrogen and oxygen atoms in total. The number of hydrogen-bond donors (Lipinski definition) is 1. The molecular weight excluding hydrogens is 246 g/mol. The van der Waals surface area contributed by atoms with E-state index in [0.717, 1.165) is 5.56 Å². The SMILES string of the molecule is COc1cc(C=CC#N)c(Br)cc1O. The third-order valence-corrected chi connectivity index (χ3v) is 2.32. The number of nitrogens with zero attached hydrogens (tertiary/aromatic N) is 1. The Balaban J connectivity index is 3.18. The van der Waals surface area contributed by atoms with Crippen molar-refractivity contribution >= 4 is 22.0 Å². The van der Waals surface area contributed by atoms with Gasteiger partial charge in [0.05, 0.1) is 13.2 Å². The van der Waals surface area contributed by atoms with Crippen LogP contribution in [-0.2, 0) is 0 Å². The minimum atomic E-state index is 0.0634. The van der Waals surface area contributed by atoms with E-state index in [9.17, 15) is 5.11 Å². The van der Waals surface area contributed by atoms with E-state index < -0.39 is 0 Å². The van der Waals surface area contributed by atoms with Crippen molar-refractivity contribution in [1.29, 1.82) is 5.26 Å². The lowest BCUT2D eigenvalue weighted by Gasteiger charge is -2.05. The monoisotopic (exact) mass is 253 g/mol. The van der Waals surface area contributed by atoms with Crippen LogP contribution in [0.1, 0.15) is 5.56 Å². The molecule has 0 heterocycles. The van der Waals surface area contributed by atoms with E-state index in [1.807, 2.05) is 6.07 Å². The second-order valence-corrected chi connectivity index (χ2v) is 3.36. The van der Waals surface area contributed by atoms with Gasteiger partial charge >= 0.3 is 0 Å². The van der Waals surface area contributed by atoms with E-state index in [1.165, 1.54) is 19.3 Å². The molecule has 0 radical (unpaired) electrons. The topological polar surface area (TPSA) is 53.2 Å². The average molecular weight is 254 g/mol. The molecule has 1 N–H and O–H groups in total. The predicted octanol–water partition coefficient (Wildman–Crippen LogP) is 2.70. The Labute approximate surface area is 90.4 Å². The van der Waals surface area contributed by atoms with Gasteiger partial charge in [-0.05, 0) is 23.8 Å². The lowest BCUT2D eigenvalue weighted by Crippen LogP contribution is -1.85. The first-order valence-corrected chi connectivity index (χ1v) is 4.61. The molecule has 1 rings (SSSR count). The minimum absolute atomic E-state index is 0.0634. The van der Waals surface area contributed by atoms with Gasteiger partial charge in [-0.2, -0.15) is 5.26 Å². The van der Waals surface area contributed by atoms with Crippen LogP contribution in [0.3, 0.4) is 0 Å². The molecule has 0 fully saturated rings. The Bertz CT molecular complexity index is 407. The molecule has 4 heteroatoms. The number of hydrogen-bond acceptors (Lipinski definition) is 3. The van der Waals surface area contributed by atoms with Gasteiger partial charge < -0.3 is 9.84 Å². The molecule has 0 aromatic heterocycles. The zero-order chi connectivity index (χ0) is 10.6. The largest absolute Gasteiger partial charge is 0.504 e. The zero-order valence-electron chi connectivity index (χ0n) is 7.49. The Morgan fingerprint density at radius 1 is 1.57 bits per heavy atom. The smallest absolute Gasteiger partial charge is 0.161 e. The first-order valence-electron chi connectivity index (χ1n) is 3.81. The zero-order valence-corrected chi connectivity index (χ0v) is 9.08. The Hall–Kier alpha value is -1.47. The van der Waals surface area contributed by atoms with E-state index in [2.05, 4.69) is 15.9 Å². The maximum Gasteiger partial charge on any atom is 0.161 e. The molecule has 14 heavy (non-hydrogen) atoms. The summed E-state index contributed by atoms with van der Waals surface area (Å²) in [6.07, 6.45) is 2.99. The van der Waals surface area contributed by atoms with Gasteiger partial charge in [0.2, 0.25) is 0 Å². The predicted molar refractivity (Wildman–Crippen MR) is 57.0 cm³/mol. The van der Waals surface area contributed by atoms with Crippen molar-refractivity contribution in [3.05, 3.63) is 28.2 Å². The maximum atomic E-state index is 9.40. The number of nitriles is 1. The summed E-state index contributed by atoms with van der Waals surface area (Å²) >= 11 is 3.26. The van der Waals surface area contributed by atoms with Crippen LogP contribution in [0, 0.1) is 11.3 Å². The number of phenols is 1. The number of methoxy groups -OCH3 is 1. The summed E-state index contributed by atoms with van der Waals surface area (Å²) in [4.78, 5) is 0. The highest BCUT2D eigenvalue weighted by atomic mass is 79.9. The van der Waals surface area contributed by atoms with Gasteiger partial charge in [-0.3, -0.25) is 0 Å². The van der Waals surface area contributed by atoms with Crippen LogP contribution in [0.5, 0.6) is 11.5 Å². The first kappa shape index (κ1) is 10.6. The molecular formula is C10H8BrNO2. The van der Waals surface area contributed by atoms with E-state index in [-0.39, 0.29) is 5.75 Å². The summed E-state index contributed by atoms with van der Waals surface area (Å²) in [5.74, 6) is 0.444. The fraction of sp³-hybridized carbons (Fsp3) is 0.100. The minimum Gasteiger partial charge on any atom is -0.504 e. The fourth-order valence-corrected chi connectivity index (χ4v) is 1.44. The highest BCUT2D eigenvalue weighted by Gasteiger charge is 2.05. The summed E-state index contributed by atoms with van der Waals surface area (Å²) in [6.45, 7) is 0. The van der Waals surface area contributed by atoms with E-state index in [4.69, 9.17) is 10.00 Å². The standard InChI is InChI=1S/C10H8BrNO2/c1-14-10-5-7(3-2-4-12)8(11)6-9(10)13/h2-3,5-6,13H,1H3. The second-order valence-electron chi connectivity index (χ2n) is 2.51.